The first-order valence-corrected chi connectivity index (χ1v) is 7.27. The molecule has 0 bridgehead atoms. The molecule has 86 valence electrons. The summed E-state index contributed by atoms with van der Waals surface area (Å²) in [6.07, 6.45) is 5.09. The van der Waals surface area contributed by atoms with E-state index in [1.54, 1.807) is 0 Å². The van der Waals surface area contributed by atoms with Gasteiger partial charge in [0.2, 0.25) is 9.84 Å². The molecule has 1 aliphatic rings. The van der Waals surface area contributed by atoms with E-state index in [1.807, 2.05) is 0 Å². The molecule has 0 unspecified atom stereocenters. The standard InChI is InChI=1S/C9H11Cl3O2S/c10-9(11,12)15(13,14)7-6-8-4-2-1-3-5-8/h7H,1-5H2. The van der Waals surface area contributed by atoms with E-state index >= 15 is 0 Å². The van der Waals surface area contributed by atoms with Crippen molar-refractivity contribution in [2.45, 2.75) is 35.2 Å². The topological polar surface area (TPSA) is 34.1 Å². The maximum atomic E-state index is 11.4. The average Bonchev–Trinajstić information content (AvgIpc) is 2.15. The molecule has 0 heterocycles. The summed E-state index contributed by atoms with van der Waals surface area (Å²) in [5.74, 6) is 0. The van der Waals surface area contributed by atoms with Gasteiger partial charge in [0, 0.05) is 0 Å². The molecule has 1 fully saturated rings. The van der Waals surface area contributed by atoms with Crippen LogP contribution >= 0.6 is 34.8 Å². The molecule has 0 aromatic heterocycles. The molecule has 1 saturated carbocycles. The van der Waals surface area contributed by atoms with Crippen LogP contribution in [-0.2, 0) is 9.84 Å². The molecular weight excluding hydrogens is 279 g/mol. The molecule has 0 spiro atoms. The zero-order chi connectivity index (χ0) is 11.5. The third-order valence-corrected chi connectivity index (χ3v) is 5.21. The van der Waals surface area contributed by atoms with Crippen LogP contribution in [0.5, 0.6) is 0 Å². The largest absolute Gasteiger partial charge is 0.297 e. The summed E-state index contributed by atoms with van der Waals surface area (Å²) in [4.78, 5) is 0. The Labute approximate surface area is 105 Å². The number of rotatable bonds is 1. The van der Waals surface area contributed by atoms with Gasteiger partial charge in [0.1, 0.15) is 0 Å². The summed E-state index contributed by atoms with van der Waals surface area (Å²) in [5.41, 5.74) is 3.70. The lowest BCUT2D eigenvalue weighted by Gasteiger charge is -2.11. The third-order valence-electron chi connectivity index (χ3n) is 2.20. The second kappa shape index (κ2) is 5.11. The van der Waals surface area contributed by atoms with Gasteiger partial charge in [0.25, 0.3) is 3.12 Å². The van der Waals surface area contributed by atoms with Crippen molar-refractivity contribution in [3.8, 4) is 0 Å². The SMILES string of the molecule is O=S(=O)(C=C=C1CCCCC1)C(Cl)(Cl)Cl. The zero-order valence-electron chi connectivity index (χ0n) is 7.97. The molecule has 0 aromatic carbocycles. The predicted molar refractivity (Wildman–Crippen MR) is 63.9 cm³/mol. The first-order chi connectivity index (χ1) is 6.83. The van der Waals surface area contributed by atoms with Crippen molar-refractivity contribution < 1.29 is 8.42 Å². The number of hydrogen-bond donors (Lipinski definition) is 0. The Bertz CT molecular complexity index is 378. The highest BCUT2D eigenvalue weighted by atomic mass is 35.6. The van der Waals surface area contributed by atoms with Crippen molar-refractivity contribution in [2.75, 3.05) is 0 Å². The van der Waals surface area contributed by atoms with Gasteiger partial charge in [-0.25, -0.2) is 8.42 Å². The molecule has 0 amide bonds. The fraction of sp³-hybridized carbons (Fsp3) is 0.667. The van der Waals surface area contributed by atoms with Crippen molar-refractivity contribution in [1.29, 1.82) is 0 Å². The Morgan fingerprint density at radius 2 is 1.67 bits per heavy atom. The highest BCUT2D eigenvalue weighted by Crippen LogP contribution is 2.34. The van der Waals surface area contributed by atoms with Gasteiger partial charge in [0.15, 0.2) is 0 Å². The molecule has 1 rings (SSSR count). The second-order valence-corrected chi connectivity index (χ2v) is 8.31. The summed E-state index contributed by atoms with van der Waals surface area (Å²) in [5, 5.41) is 0.876. The lowest BCUT2D eigenvalue weighted by atomic mass is 9.96. The maximum absolute atomic E-state index is 11.4. The highest BCUT2D eigenvalue weighted by molar-refractivity contribution is 7.99. The molecule has 0 N–H and O–H groups in total. The Hall–Kier alpha value is 0.340. The van der Waals surface area contributed by atoms with Crippen LogP contribution in [0.4, 0.5) is 0 Å². The molecule has 15 heavy (non-hydrogen) atoms. The van der Waals surface area contributed by atoms with E-state index in [0.29, 0.717) is 0 Å². The summed E-state index contributed by atoms with van der Waals surface area (Å²) in [6.45, 7) is 0. The van der Waals surface area contributed by atoms with Gasteiger partial charge >= 0.3 is 0 Å². The van der Waals surface area contributed by atoms with E-state index in [2.05, 4.69) is 5.73 Å². The van der Waals surface area contributed by atoms with Gasteiger partial charge in [-0.3, -0.25) is 0 Å². The lowest BCUT2D eigenvalue weighted by Crippen LogP contribution is -2.15. The van der Waals surface area contributed by atoms with Crippen LogP contribution in [0.15, 0.2) is 16.7 Å². The molecule has 6 heteroatoms. The number of alkyl halides is 3. The van der Waals surface area contributed by atoms with Crippen molar-refractivity contribution in [2.24, 2.45) is 0 Å². The molecular formula is C9H11Cl3O2S. The summed E-state index contributed by atoms with van der Waals surface area (Å²) in [6, 6.07) is 0. The van der Waals surface area contributed by atoms with Gasteiger partial charge in [-0.05, 0) is 31.3 Å². The van der Waals surface area contributed by atoms with E-state index in [1.165, 1.54) is 6.42 Å². The van der Waals surface area contributed by atoms with Gasteiger partial charge in [0.05, 0.1) is 5.41 Å². The molecule has 1 aliphatic carbocycles. The fourth-order valence-corrected chi connectivity index (χ4v) is 2.21. The maximum Gasteiger partial charge on any atom is 0.297 e. The smallest absolute Gasteiger partial charge is 0.219 e. The number of hydrogen-bond acceptors (Lipinski definition) is 2. The quantitative estimate of drug-likeness (QED) is 0.544. The zero-order valence-corrected chi connectivity index (χ0v) is 11.1. The van der Waals surface area contributed by atoms with Crippen molar-refractivity contribution in [3.63, 3.8) is 0 Å². The normalized spacial score (nSPS) is 18.5. The summed E-state index contributed by atoms with van der Waals surface area (Å²) >= 11 is 15.9. The minimum atomic E-state index is -3.86. The fourth-order valence-electron chi connectivity index (χ4n) is 1.35. The van der Waals surface area contributed by atoms with Crippen LogP contribution in [0.2, 0.25) is 0 Å². The van der Waals surface area contributed by atoms with Crippen LogP contribution in [0.25, 0.3) is 0 Å². The van der Waals surface area contributed by atoms with Crippen molar-refractivity contribution >= 4 is 44.6 Å². The highest BCUT2D eigenvalue weighted by Gasteiger charge is 2.35. The predicted octanol–water partition coefficient (Wildman–Crippen LogP) is 3.73. The first kappa shape index (κ1) is 13.4. The van der Waals surface area contributed by atoms with E-state index < -0.39 is 13.0 Å². The average molecular weight is 290 g/mol. The second-order valence-electron chi connectivity index (χ2n) is 3.42. The first-order valence-electron chi connectivity index (χ1n) is 4.59. The summed E-state index contributed by atoms with van der Waals surface area (Å²) < 4.78 is 20.4. The van der Waals surface area contributed by atoms with Crippen molar-refractivity contribution in [3.05, 3.63) is 16.7 Å². The van der Waals surface area contributed by atoms with Crippen molar-refractivity contribution in [1.82, 2.24) is 0 Å². The number of halogens is 3. The van der Waals surface area contributed by atoms with E-state index in [0.717, 1.165) is 36.7 Å². The Morgan fingerprint density at radius 1 is 1.13 bits per heavy atom. The minimum Gasteiger partial charge on any atom is -0.219 e. The van der Waals surface area contributed by atoms with Crippen LogP contribution in [0.1, 0.15) is 32.1 Å². The molecule has 2 nitrogen and oxygen atoms in total. The van der Waals surface area contributed by atoms with Crippen LogP contribution in [0, 0.1) is 0 Å². The van der Waals surface area contributed by atoms with E-state index in [-0.39, 0.29) is 0 Å². The lowest BCUT2D eigenvalue weighted by molar-refractivity contribution is 0.599. The van der Waals surface area contributed by atoms with Crippen LogP contribution in [-0.4, -0.2) is 11.5 Å². The van der Waals surface area contributed by atoms with Crippen LogP contribution in [0.3, 0.4) is 0 Å². The molecule has 0 radical (unpaired) electrons. The Balaban J connectivity index is 2.89. The number of allylic oxidation sites excluding steroid dienone is 1. The minimum absolute atomic E-state index is 0.876. The van der Waals surface area contributed by atoms with E-state index in [9.17, 15) is 8.42 Å². The molecule has 0 atom stereocenters. The number of sulfone groups is 1. The summed E-state index contributed by atoms with van der Waals surface area (Å²) in [7, 11) is -3.86. The Morgan fingerprint density at radius 3 is 2.13 bits per heavy atom. The van der Waals surface area contributed by atoms with Gasteiger partial charge in [-0.1, -0.05) is 41.2 Å². The van der Waals surface area contributed by atoms with E-state index in [4.69, 9.17) is 34.8 Å². The Kier molecular flexibility index (Phi) is 4.57. The van der Waals surface area contributed by atoms with Gasteiger partial charge < -0.3 is 0 Å². The third kappa shape index (κ3) is 4.01. The molecule has 0 aliphatic heterocycles. The van der Waals surface area contributed by atoms with Gasteiger partial charge in [-0.2, -0.15) is 0 Å². The molecule has 0 aromatic rings. The van der Waals surface area contributed by atoms with Gasteiger partial charge in [-0.15, -0.1) is 5.73 Å². The van der Waals surface area contributed by atoms with Crippen LogP contribution < -0.4 is 0 Å². The molecule has 0 saturated heterocycles. The monoisotopic (exact) mass is 288 g/mol.